The summed E-state index contributed by atoms with van der Waals surface area (Å²) >= 11 is 4.52. The van der Waals surface area contributed by atoms with Gasteiger partial charge in [0.1, 0.15) is 17.6 Å². The van der Waals surface area contributed by atoms with Crippen LogP contribution in [0.15, 0.2) is 63.2 Å². The number of amides is 1. The molecule has 2 N–H and O–H groups in total. The highest BCUT2D eigenvalue weighted by molar-refractivity contribution is 9.10. The van der Waals surface area contributed by atoms with E-state index in [2.05, 4.69) is 31.4 Å². The molecule has 0 bridgehead atoms. The van der Waals surface area contributed by atoms with Gasteiger partial charge in [-0.1, -0.05) is 48.2 Å². The van der Waals surface area contributed by atoms with Crippen LogP contribution >= 0.6 is 27.7 Å². The minimum atomic E-state index is -1.03. The summed E-state index contributed by atoms with van der Waals surface area (Å²) < 4.78 is 6.67. The number of carboxylic acids is 1. The third kappa shape index (κ3) is 5.67. The van der Waals surface area contributed by atoms with Crippen LogP contribution < -0.4 is 10.1 Å². The van der Waals surface area contributed by atoms with Gasteiger partial charge in [0.05, 0.1) is 17.1 Å². The number of carbonyl (C=O) groups excluding carboxylic acids is 1. The van der Waals surface area contributed by atoms with Crippen LogP contribution in [0.3, 0.4) is 0 Å². The molecule has 1 fully saturated rings. The SMILES string of the molecule is O=C(O)CC1SC(=NN=Cc2ccc(Br)c(OCc3ccccc3)c2)NC1=O. The van der Waals surface area contributed by atoms with E-state index >= 15 is 0 Å². The summed E-state index contributed by atoms with van der Waals surface area (Å²) in [7, 11) is 0. The van der Waals surface area contributed by atoms with Crippen molar-refractivity contribution in [2.24, 2.45) is 10.2 Å². The zero-order valence-corrected chi connectivity index (χ0v) is 16.9. The number of aliphatic carboxylic acids is 1. The van der Waals surface area contributed by atoms with Gasteiger partial charge in [0.25, 0.3) is 0 Å². The van der Waals surface area contributed by atoms with Crippen molar-refractivity contribution in [3.05, 3.63) is 64.1 Å². The zero-order valence-electron chi connectivity index (χ0n) is 14.5. The molecule has 1 atom stereocenters. The molecule has 1 amide bonds. The Morgan fingerprint density at radius 2 is 2.07 bits per heavy atom. The van der Waals surface area contributed by atoms with Crippen molar-refractivity contribution in [2.75, 3.05) is 0 Å². The van der Waals surface area contributed by atoms with E-state index in [1.54, 1.807) is 0 Å². The van der Waals surface area contributed by atoms with Gasteiger partial charge in [-0.2, -0.15) is 5.10 Å². The van der Waals surface area contributed by atoms with Gasteiger partial charge in [0.2, 0.25) is 5.91 Å². The smallest absolute Gasteiger partial charge is 0.305 e. The lowest BCUT2D eigenvalue weighted by atomic mass is 10.2. The van der Waals surface area contributed by atoms with Crippen LogP contribution in [-0.2, 0) is 16.2 Å². The quantitative estimate of drug-likeness (QED) is 0.485. The molecule has 1 aliphatic rings. The van der Waals surface area contributed by atoms with Crippen molar-refractivity contribution in [3.63, 3.8) is 0 Å². The van der Waals surface area contributed by atoms with Crippen molar-refractivity contribution < 1.29 is 19.4 Å². The Labute approximate surface area is 174 Å². The number of hydrogen-bond acceptors (Lipinski definition) is 6. The van der Waals surface area contributed by atoms with Gasteiger partial charge in [-0.3, -0.25) is 9.59 Å². The number of carbonyl (C=O) groups is 2. The second-order valence-electron chi connectivity index (χ2n) is 5.81. The number of nitrogens with zero attached hydrogens (tertiary/aromatic N) is 2. The number of benzene rings is 2. The molecule has 0 spiro atoms. The molecular weight excluding hydrogens is 446 g/mol. The summed E-state index contributed by atoms with van der Waals surface area (Å²) in [5, 5.41) is 18.8. The van der Waals surface area contributed by atoms with Crippen LogP contribution in [0.5, 0.6) is 5.75 Å². The van der Waals surface area contributed by atoms with Gasteiger partial charge in [-0.15, -0.1) is 5.10 Å². The first-order valence-electron chi connectivity index (χ1n) is 8.28. The van der Waals surface area contributed by atoms with Crippen molar-refractivity contribution in [1.29, 1.82) is 0 Å². The van der Waals surface area contributed by atoms with Gasteiger partial charge in [-0.25, -0.2) is 0 Å². The van der Waals surface area contributed by atoms with Gasteiger partial charge in [-0.05, 0) is 39.2 Å². The van der Waals surface area contributed by atoms with E-state index in [9.17, 15) is 9.59 Å². The molecule has 1 heterocycles. The van der Waals surface area contributed by atoms with E-state index in [0.29, 0.717) is 12.4 Å². The molecule has 9 heteroatoms. The van der Waals surface area contributed by atoms with Gasteiger partial charge in [0, 0.05) is 0 Å². The molecule has 0 radical (unpaired) electrons. The molecule has 1 aliphatic heterocycles. The maximum atomic E-state index is 11.7. The minimum Gasteiger partial charge on any atom is -0.488 e. The number of rotatable bonds is 7. The van der Waals surface area contributed by atoms with Crippen molar-refractivity contribution >= 4 is 51.0 Å². The van der Waals surface area contributed by atoms with Crippen molar-refractivity contribution in [2.45, 2.75) is 18.3 Å². The Kier molecular flexibility index (Phi) is 6.83. The molecule has 2 aromatic rings. The predicted octanol–water partition coefficient (Wildman–Crippen LogP) is 3.42. The normalized spacial score (nSPS) is 17.8. The number of nitrogens with one attached hydrogen (secondary N) is 1. The number of carboxylic acid groups (broad SMARTS) is 1. The lowest BCUT2D eigenvalue weighted by Gasteiger charge is -2.09. The minimum absolute atomic E-state index is 0.256. The van der Waals surface area contributed by atoms with Crippen LogP contribution in [-0.4, -0.2) is 33.6 Å². The lowest BCUT2D eigenvalue weighted by molar-refractivity contribution is -0.138. The second-order valence-corrected chi connectivity index (χ2v) is 7.85. The molecule has 7 nitrogen and oxygen atoms in total. The van der Waals surface area contributed by atoms with Crippen LogP contribution in [0.1, 0.15) is 17.5 Å². The standard InChI is InChI=1S/C19H16BrN3O4S/c20-14-7-6-13(8-15(14)27-11-12-4-2-1-3-5-12)10-21-23-19-22-18(26)16(28-19)9-17(24)25/h1-8,10,16H,9,11H2,(H,24,25)(H,22,23,26). The van der Waals surface area contributed by atoms with E-state index in [0.717, 1.165) is 27.4 Å². The average Bonchev–Trinajstić information content (AvgIpc) is 3.01. The van der Waals surface area contributed by atoms with Crippen LogP contribution in [0.2, 0.25) is 0 Å². The van der Waals surface area contributed by atoms with Crippen LogP contribution in [0.25, 0.3) is 0 Å². The predicted molar refractivity (Wildman–Crippen MR) is 112 cm³/mol. The van der Waals surface area contributed by atoms with E-state index in [1.165, 1.54) is 6.21 Å². The first-order valence-corrected chi connectivity index (χ1v) is 9.95. The summed E-state index contributed by atoms with van der Waals surface area (Å²) in [5.74, 6) is -0.734. The Morgan fingerprint density at radius 3 is 2.82 bits per heavy atom. The number of hydrogen-bond donors (Lipinski definition) is 2. The highest BCUT2D eigenvalue weighted by Gasteiger charge is 2.32. The highest BCUT2D eigenvalue weighted by atomic mass is 79.9. The summed E-state index contributed by atoms with van der Waals surface area (Å²) in [6.07, 6.45) is 1.28. The van der Waals surface area contributed by atoms with Crippen LogP contribution in [0.4, 0.5) is 0 Å². The number of halogens is 1. The third-order valence-electron chi connectivity index (χ3n) is 3.68. The molecule has 1 unspecified atom stereocenters. The molecule has 0 aromatic heterocycles. The maximum absolute atomic E-state index is 11.7. The molecular formula is C19H16BrN3O4S. The van der Waals surface area contributed by atoms with Gasteiger partial charge < -0.3 is 15.2 Å². The number of amidine groups is 1. The summed E-state index contributed by atoms with van der Waals surface area (Å²) in [6, 6.07) is 15.4. The lowest BCUT2D eigenvalue weighted by Crippen LogP contribution is -2.26. The Balaban J connectivity index is 1.63. The number of thioether (sulfide) groups is 1. The van der Waals surface area contributed by atoms with E-state index in [1.807, 2.05) is 48.5 Å². The fraction of sp³-hybridized carbons (Fsp3) is 0.158. The topological polar surface area (TPSA) is 100 Å². The molecule has 3 rings (SSSR count). The Hall–Kier alpha value is -2.65. The Bertz CT molecular complexity index is 934. The van der Waals surface area contributed by atoms with Crippen molar-refractivity contribution in [1.82, 2.24) is 5.32 Å². The fourth-order valence-corrected chi connectivity index (χ4v) is 3.62. The molecule has 144 valence electrons. The molecule has 0 saturated carbocycles. The Morgan fingerprint density at radius 1 is 1.29 bits per heavy atom. The van der Waals surface area contributed by atoms with E-state index in [-0.39, 0.29) is 17.5 Å². The van der Waals surface area contributed by atoms with Crippen LogP contribution in [0, 0.1) is 0 Å². The number of ether oxygens (including phenoxy) is 1. The molecule has 28 heavy (non-hydrogen) atoms. The molecule has 1 saturated heterocycles. The molecule has 2 aromatic carbocycles. The fourth-order valence-electron chi connectivity index (χ4n) is 2.34. The average molecular weight is 462 g/mol. The van der Waals surface area contributed by atoms with E-state index in [4.69, 9.17) is 9.84 Å². The monoisotopic (exact) mass is 461 g/mol. The van der Waals surface area contributed by atoms with Gasteiger partial charge >= 0.3 is 5.97 Å². The largest absolute Gasteiger partial charge is 0.488 e. The summed E-state index contributed by atoms with van der Waals surface area (Å²) in [6.45, 7) is 0.440. The second kappa shape index (κ2) is 9.52. The summed E-state index contributed by atoms with van der Waals surface area (Å²) in [5.41, 5.74) is 1.83. The highest BCUT2D eigenvalue weighted by Crippen LogP contribution is 2.26. The maximum Gasteiger partial charge on any atom is 0.305 e. The third-order valence-corrected chi connectivity index (χ3v) is 5.41. The van der Waals surface area contributed by atoms with Gasteiger partial charge in [0.15, 0.2) is 5.17 Å². The summed E-state index contributed by atoms with van der Waals surface area (Å²) in [4.78, 5) is 22.4. The zero-order chi connectivity index (χ0) is 19.9. The first kappa shape index (κ1) is 20.1. The molecule has 0 aliphatic carbocycles. The van der Waals surface area contributed by atoms with Crippen molar-refractivity contribution in [3.8, 4) is 5.75 Å². The van der Waals surface area contributed by atoms with E-state index < -0.39 is 11.2 Å². The first-order chi connectivity index (χ1) is 13.5.